The summed E-state index contributed by atoms with van der Waals surface area (Å²) in [6.07, 6.45) is -3.75. The highest BCUT2D eigenvalue weighted by Crippen LogP contribution is 2.31. The van der Waals surface area contributed by atoms with E-state index in [2.05, 4.69) is 0 Å². The Labute approximate surface area is 157 Å². The maximum absolute atomic E-state index is 12.2. The number of benzene rings is 2. The molecule has 0 unspecified atom stereocenters. The Morgan fingerprint density at radius 2 is 1.74 bits per heavy atom. The van der Waals surface area contributed by atoms with Crippen LogP contribution in [0.15, 0.2) is 54.6 Å². The zero-order valence-electron chi connectivity index (χ0n) is 15.5. The number of carbonyl (C=O) groups excluding carboxylic acids is 1. The minimum atomic E-state index is -4.83. The summed E-state index contributed by atoms with van der Waals surface area (Å²) in [6, 6.07) is 17.6. The van der Waals surface area contributed by atoms with Crippen LogP contribution >= 0.6 is 0 Å². The molecule has 2 aromatic rings. The molecule has 2 aromatic carbocycles. The van der Waals surface area contributed by atoms with Gasteiger partial charge in [-0.3, -0.25) is 4.79 Å². The predicted octanol–water partition coefficient (Wildman–Crippen LogP) is 5.00. The van der Waals surface area contributed by atoms with Crippen molar-refractivity contribution in [1.29, 1.82) is 0 Å². The lowest BCUT2D eigenvalue weighted by molar-refractivity contribution is -0.173. The van der Waals surface area contributed by atoms with E-state index in [1.54, 1.807) is 0 Å². The number of rotatable bonds is 8. The van der Waals surface area contributed by atoms with Crippen molar-refractivity contribution < 1.29 is 22.7 Å². The summed E-state index contributed by atoms with van der Waals surface area (Å²) >= 11 is 0. The van der Waals surface area contributed by atoms with Gasteiger partial charge in [-0.2, -0.15) is 13.2 Å². The molecule has 6 heteroatoms. The van der Waals surface area contributed by atoms with E-state index in [0.717, 1.165) is 16.9 Å². The molecule has 2 rings (SSSR count). The lowest BCUT2D eigenvalue weighted by atomic mass is 9.80. The van der Waals surface area contributed by atoms with Gasteiger partial charge in [0.25, 0.3) is 0 Å². The summed E-state index contributed by atoms with van der Waals surface area (Å²) in [7, 11) is 0. The van der Waals surface area contributed by atoms with Crippen LogP contribution in [0, 0.1) is 0 Å². The average molecular weight is 379 g/mol. The van der Waals surface area contributed by atoms with Gasteiger partial charge < -0.3 is 10.1 Å². The predicted molar refractivity (Wildman–Crippen MR) is 98.5 cm³/mol. The highest BCUT2D eigenvalue weighted by Gasteiger charge is 2.38. The maximum atomic E-state index is 12.2. The number of carbonyl (C=O) groups is 1. The van der Waals surface area contributed by atoms with Gasteiger partial charge in [-0.05, 0) is 41.5 Å². The second kappa shape index (κ2) is 8.93. The summed E-state index contributed by atoms with van der Waals surface area (Å²) in [6.45, 7) is 4.50. The van der Waals surface area contributed by atoms with Gasteiger partial charge in [-0.1, -0.05) is 56.3 Å². The number of hydrogen-bond acceptors (Lipinski definition) is 2. The van der Waals surface area contributed by atoms with Crippen molar-refractivity contribution in [1.82, 2.24) is 5.32 Å². The number of halogens is 3. The fraction of sp³-hybridized carbons (Fsp3) is 0.381. The third kappa shape index (κ3) is 6.62. The summed E-state index contributed by atoms with van der Waals surface area (Å²) in [5.41, 5.74) is 1.85. The van der Waals surface area contributed by atoms with Crippen LogP contribution in [0.5, 0.6) is 5.75 Å². The molecule has 1 amide bonds. The van der Waals surface area contributed by atoms with Crippen molar-refractivity contribution in [2.45, 2.75) is 44.9 Å². The normalized spacial score (nSPS) is 11.9. The minimum Gasteiger partial charge on any atom is -0.489 e. The van der Waals surface area contributed by atoms with Crippen molar-refractivity contribution in [3.63, 3.8) is 0 Å². The zero-order chi connectivity index (χ0) is 19.9. The third-order valence-electron chi connectivity index (χ3n) is 4.39. The van der Waals surface area contributed by atoms with Crippen molar-refractivity contribution in [2.24, 2.45) is 0 Å². The van der Waals surface area contributed by atoms with Crippen LogP contribution in [0.2, 0.25) is 0 Å². The summed E-state index contributed by atoms with van der Waals surface area (Å²) in [4.78, 5) is 10.8. The summed E-state index contributed by atoms with van der Waals surface area (Å²) in [5.74, 6) is -1.15. The molecule has 0 aromatic heterocycles. The van der Waals surface area contributed by atoms with Crippen LogP contribution in [-0.4, -0.2) is 18.6 Å². The monoisotopic (exact) mass is 379 g/mol. The van der Waals surface area contributed by atoms with E-state index in [0.29, 0.717) is 19.4 Å². The van der Waals surface area contributed by atoms with Gasteiger partial charge in [0.15, 0.2) is 0 Å². The minimum absolute atomic E-state index is 0.00797. The first-order chi connectivity index (χ1) is 12.7. The van der Waals surface area contributed by atoms with Crippen LogP contribution in [-0.2, 0) is 16.8 Å². The van der Waals surface area contributed by atoms with E-state index in [1.165, 1.54) is 0 Å². The fourth-order valence-corrected chi connectivity index (χ4v) is 2.72. The van der Waals surface area contributed by atoms with E-state index in [-0.39, 0.29) is 12.0 Å². The van der Waals surface area contributed by atoms with Crippen molar-refractivity contribution in [3.05, 3.63) is 65.7 Å². The van der Waals surface area contributed by atoms with Crippen molar-refractivity contribution in [3.8, 4) is 5.75 Å². The molecule has 0 radical (unpaired) electrons. The Hall–Kier alpha value is -2.50. The number of amides is 1. The Morgan fingerprint density at radius 1 is 1.04 bits per heavy atom. The van der Waals surface area contributed by atoms with Crippen molar-refractivity contribution in [2.75, 3.05) is 6.54 Å². The maximum Gasteiger partial charge on any atom is 0.471 e. The number of ether oxygens (including phenoxy) is 1. The summed E-state index contributed by atoms with van der Waals surface area (Å²) in [5, 5.41) is 1.91. The molecular weight excluding hydrogens is 355 g/mol. The first-order valence-electron chi connectivity index (χ1n) is 8.81. The van der Waals surface area contributed by atoms with Crippen molar-refractivity contribution >= 4 is 5.91 Å². The van der Waals surface area contributed by atoms with Gasteiger partial charge in [-0.25, -0.2) is 0 Å². The zero-order valence-corrected chi connectivity index (χ0v) is 15.5. The molecule has 146 valence electrons. The topological polar surface area (TPSA) is 38.3 Å². The van der Waals surface area contributed by atoms with Crippen LogP contribution in [0.3, 0.4) is 0 Å². The first kappa shape index (κ1) is 20.8. The van der Waals surface area contributed by atoms with E-state index >= 15 is 0 Å². The van der Waals surface area contributed by atoms with Gasteiger partial charge in [-0.15, -0.1) is 0 Å². The number of alkyl halides is 3. The third-order valence-corrected chi connectivity index (χ3v) is 4.39. The Bertz CT molecular complexity index is 743. The molecule has 0 aliphatic heterocycles. The fourth-order valence-electron chi connectivity index (χ4n) is 2.72. The number of nitrogens with one attached hydrogen (secondary N) is 1. The Morgan fingerprint density at radius 3 is 2.41 bits per heavy atom. The van der Waals surface area contributed by atoms with Crippen LogP contribution < -0.4 is 10.1 Å². The highest BCUT2D eigenvalue weighted by atomic mass is 19.4. The summed E-state index contributed by atoms with van der Waals surface area (Å²) < 4.78 is 42.4. The van der Waals surface area contributed by atoms with E-state index in [9.17, 15) is 18.0 Å². The molecular formula is C21H24F3NO2. The van der Waals surface area contributed by atoms with E-state index in [1.807, 2.05) is 73.8 Å². The van der Waals surface area contributed by atoms with Gasteiger partial charge in [0, 0.05) is 6.54 Å². The van der Waals surface area contributed by atoms with Crippen LogP contribution in [0.4, 0.5) is 13.2 Å². The largest absolute Gasteiger partial charge is 0.489 e. The molecule has 0 atom stereocenters. The lowest BCUT2D eigenvalue weighted by Crippen LogP contribution is -2.37. The van der Waals surface area contributed by atoms with Gasteiger partial charge in [0.2, 0.25) is 0 Å². The molecule has 0 saturated carbocycles. The molecule has 0 aliphatic carbocycles. The lowest BCUT2D eigenvalue weighted by Gasteiger charge is -2.26. The second-order valence-electron chi connectivity index (χ2n) is 7.04. The molecule has 0 fully saturated rings. The first-order valence-corrected chi connectivity index (χ1v) is 8.81. The smallest absolute Gasteiger partial charge is 0.471 e. The van der Waals surface area contributed by atoms with E-state index in [4.69, 9.17) is 4.74 Å². The average Bonchev–Trinajstić information content (AvgIpc) is 2.64. The van der Waals surface area contributed by atoms with Crippen LogP contribution in [0.1, 0.15) is 37.8 Å². The highest BCUT2D eigenvalue weighted by molar-refractivity contribution is 5.81. The van der Waals surface area contributed by atoms with Crippen LogP contribution in [0.25, 0.3) is 0 Å². The van der Waals surface area contributed by atoms with E-state index < -0.39 is 12.1 Å². The molecule has 27 heavy (non-hydrogen) atoms. The molecule has 0 spiro atoms. The standard InChI is InChI=1S/C21H24F3NO2/c1-20(2,12-7-13-25-19(26)21(22,23)24)17-10-6-11-18(14-17)27-15-16-8-4-3-5-9-16/h3-6,8-11,14H,7,12-13,15H2,1-2H3,(H,25,26). The number of hydrogen-bond donors (Lipinski definition) is 1. The molecule has 3 nitrogen and oxygen atoms in total. The molecule has 0 heterocycles. The van der Waals surface area contributed by atoms with Gasteiger partial charge in [0.05, 0.1) is 0 Å². The second-order valence-corrected chi connectivity index (χ2v) is 7.04. The molecule has 0 aliphatic rings. The quantitative estimate of drug-likeness (QED) is 0.656. The molecule has 0 saturated heterocycles. The van der Waals surface area contributed by atoms with Gasteiger partial charge >= 0.3 is 12.1 Å². The Kier molecular flexibility index (Phi) is 6.88. The van der Waals surface area contributed by atoms with Gasteiger partial charge in [0.1, 0.15) is 12.4 Å². The SMILES string of the molecule is CC(C)(CCCNC(=O)C(F)(F)F)c1cccc(OCc2ccccc2)c1. The molecule has 0 bridgehead atoms. The Balaban J connectivity index is 1.89. The molecule has 1 N–H and O–H groups in total.